The monoisotopic (exact) mass is 213 g/mol. The summed E-state index contributed by atoms with van der Waals surface area (Å²) in [5.74, 6) is 0. The van der Waals surface area contributed by atoms with E-state index in [2.05, 4.69) is 22.1 Å². The zero-order valence-corrected chi connectivity index (χ0v) is 9.08. The molecule has 2 N–H and O–H groups in total. The Morgan fingerprint density at radius 2 is 1.94 bits per heavy atom. The molecule has 0 fully saturated rings. The van der Waals surface area contributed by atoms with Crippen molar-refractivity contribution in [3.8, 4) is 0 Å². The largest absolute Gasteiger partial charge is 0.323 e. The molecule has 82 valence electrons. The fourth-order valence-electron chi connectivity index (χ4n) is 1.62. The molecule has 0 bridgehead atoms. The average Bonchev–Trinajstić information content (AvgIpc) is 2.38. The van der Waals surface area contributed by atoms with Crippen LogP contribution in [0, 0.1) is 0 Å². The SMILES string of the molecule is N[C@@H](CCc1ccccc1)c1cnccn1. The normalized spacial score (nSPS) is 12.3. The van der Waals surface area contributed by atoms with Gasteiger partial charge in [0.25, 0.3) is 0 Å². The molecule has 0 aliphatic rings. The van der Waals surface area contributed by atoms with Gasteiger partial charge < -0.3 is 5.73 Å². The number of nitrogens with zero attached hydrogens (tertiary/aromatic N) is 2. The lowest BCUT2D eigenvalue weighted by Crippen LogP contribution is -2.13. The molecule has 3 nitrogen and oxygen atoms in total. The molecule has 1 heterocycles. The summed E-state index contributed by atoms with van der Waals surface area (Å²) in [7, 11) is 0. The molecular weight excluding hydrogens is 198 g/mol. The summed E-state index contributed by atoms with van der Waals surface area (Å²) in [5, 5.41) is 0. The predicted molar refractivity (Wildman–Crippen MR) is 63.7 cm³/mol. The van der Waals surface area contributed by atoms with E-state index in [1.807, 2.05) is 18.2 Å². The lowest BCUT2D eigenvalue weighted by atomic mass is 10.0. The molecule has 1 aromatic heterocycles. The minimum Gasteiger partial charge on any atom is -0.323 e. The lowest BCUT2D eigenvalue weighted by molar-refractivity contribution is 0.630. The lowest BCUT2D eigenvalue weighted by Gasteiger charge is -2.09. The first-order valence-electron chi connectivity index (χ1n) is 5.41. The smallest absolute Gasteiger partial charge is 0.0753 e. The van der Waals surface area contributed by atoms with Crippen molar-refractivity contribution in [1.82, 2.24) is 9.97 Å². The van der Waals surface area contributed by atoms with E-state index in [1.165, 1.54) is 5.56 Å². The Morgan fingerprint density at radius 1 is 1.12 bits per heavy atom. The van der Waals surface area contributed by atoms with Crippen molar-refractivity contribution in [3.05, 3.63) is 60.2 Å². The summed E-state index contributed by atoms with van der Waals surface area (Å²) in [5.41, 5.74) is 8.21. The third-order valence-electron chi connectivity index (χ3n) is 2.55. The van der Waals surface area contributed by atoms with Crippen molar-refractivity contribution in [2.24, 2.45) is 5.73 Å². The Hall–Kier alpha value is -1.74. The Morgan fingerprint density at radius 3 is 2.62 bits per heavy atom. The summed E-state index contributed by atoms with van der Waals surface area (Å²) in [6.45, 7) is 0. The van der Waals surface area contributed by atoms with Gasteiger partial charge >= 0.3 is 0 Å². The van der Waals surface area contributed by atoms with Crippen LogP contribution in [0.5, 0.6) is 0 Å². The summed E-state index contributed by atoms with van der Waals surface area (Å²) < 4.78 is 0. The van der Waals surface area contributed by atoms with E-state index in [9.17, 15) is 0 Å². The molecule has 2 rings (SSSR count). The van der Waals surface area contributed by atoms with Crippen molar-refractivity contribution < 1.29 is 0 Å². The maximum atomic E-state index is 6.04. The molecule has 0 saturated heterocycles. The van der Waals surface area contributed by atoms with Crippen molar-refractivity contribution in [1.29, 1.82) is 0 Å². The fourth-order valence-corrected chi connectivity index (χ4v) is 1.62. The second-order valence-corrected chi connectivity index (χ2v) is 3.76. The van der Waals surface area contributed by atoms with Gasteiger partial charge in [-0.15, -0.1) is 0 Å². The number of hydrogen-bond donors (Lipinski definition) is 1. The van der Waals surface area contributed by atoms with Crippen molar-refractivity contribution in [2.75, 3.05) is 0 Å². The van der Waals surface area contributed by atoms with Crippen LogP contribution in [0.4, 0.5) is 0 Å². The molecule has 0 spiro atoms. The molecule has 1 atom stereocenters. The van der Waals surface area contributed by atoms with Crippen LogP contribution in [0.15, 0.2) is 48.9 Å². The van der Waals surface area contributed by atoms with Crippen LogP contribution in [0.2, 0.25) is 0 Å². The fraction of sp³-hybridized carbons (Fsp3) is 0.231. The average molecular weight is 213 g/mol. The molecule has 16 heavy (non-hydrogen) atoms. The minimum absolute atomic E-state index is 0.0334. The van der Waals surface area contributed by atoms with E-state index in [4.69, 9.17) is 5.73 Å². The molecule has 2 aromatic rings. The number of hydrogen-bond acceptors (Lipinski definition) is 3. The first kappa shape index (κ1) is 10.8. The zero-order valence-electron chi connectivity index (χ0n) is 9.08. The number of rotatable bonds is 4. The molecular formula is C13H15N3. The van der Waals surface area contributed by atoms with Gasteiger partial charge in [-0.05, 0) is 18.4 Å². The highest BCUT2D eigenvalue weighted by Crippen LogP contribution is 2.13. The van der Waals surface area contributed by atoms with Crippen LogP contribution in [0.1, 0.15) is 23.7 Å². The maximum absolute atomic E-state index is 6.04. The van der Waals surface area contributed by atoms with Crippen LogP contribution in [0.3, 0.4) is 0 Å². The van der Waals surface area contributed by atoms with E-state index in [-0.39, 0.29) is 6.04 Å². The number of aryl methyl sites for hydroxylation is 1. The second-order valence-electron chi connectivity index (χ2n) is 3.76. The Kier molecular flexibility index (Phi) is 3.62. The van der Waals surface area contributed by atoms with Gasteiger partial charge in [-0.1, -0.05) is 30.3 Å². The Bertz CT molecular complexity index is 414. The van der Waals surface area contributed by atoms with E-state index in [1.54, 1.807) is 18.6 Å². The summed E-state index contributed by atoms with van der Waals surface area (Å²) >= 11 is 0. The van der Waals surface area contributed by atoms with Gasteiger partial charge in [0.2, 0.25) is 0 Å². The second kappa shape index (κ2) is 5.37. The molecule has 0 saturated carbocycles. The topological polar surface area (TPSA) is 51.8 Å². The molecule has 0 amide bonds. The third-order valence-corrected chi connectivity index (χ3v) is 2.55. The minimum atomic E-state index is -0.0334. The van der Waals surface area contributed by atoms with E-state index >= 15 is 0 Å². The van der Waals surface area contributed by atoms with Gasteiger partial charge in [0.15, 0.2) is 0 Å². The Balaban J connectivity index is 1.92. The highest BCUT2D eigenvalue weighted by molar-refractivity contribution is 5.15. The van der Waals surface area contributed by atoms with Crippen molar-refractivity contribution >= 4 is 0 Å². The zero-order chi connectivity index (χ0) is 11.2. The molecule has 0 aliphatic heterocycles. The molecule has 0 radical (unpaired) electrons. The number of nitrogens with two attached hydrogens (primary N) is 1. The van der Waals surface area contributed by atoms with E-state index in [0.29, 0.717) is 0 Å². The first-order valence-corrected chi connectivity index (χ1v) is 5.41. The summed E-state index contributed by atoms with van der Waals surface area (Å²) in [6.07, 6.45) is 6.93. The van der Waals surface area contributed by atoms with Crippen molar-refractivity contribution in [3.63, 3.8) is 0 Å². The first-order chi connectivity index (χ1) is 7.86. The quantitative estimate of drug-likeness (QED) is 0.846. The third kappa shape index (κ3) is 2.87. The number of aromatic nitrogens is 2. The summed E-state index contributed by atoms with van der Waals surface area (Å²) in [4.78, 5) is 8.22. The molecule has 1 aromatic carbocycles. The summed E-state index contributed by atoms with van der Waals surface area (Å²) in [6, 6.07) is 10.3. The predicted octanol–water partition coefficient (Wildman–Crippen LogP) is 2.11. The van der Waals surface area contributed by atoms with Gasteiger partial charge in [0, 0.05) is 24.6 Å². The van der Waals surface area contributed by atoms with Gasteiger partial charge in [-0.3, -0.25) is 9.97 Å². The van der Waals surface area contributed by atoms with Crippen LogP contribution >= 0.6 is 0 Å². The molecule has 0 aliphatic carbocycles. The van der Waals surface area contributed by atoms with Crippen LogP contribution < -0.4 is 5.73 Å². The van der Waals surface area contributed by atoms with E-state index in [0.717, 1.165) is 18.5 Å². The van der Waals surface area contributed by atoms with Crippen molar-refractivity contribution in [2.45, 2.75) is 18.9 Å². The molecule has 3 heteroatoms. The highest BCUT2D eigenvalue weighted by Gasteiger charge is 2.06. The Labute approximate surface area is 95.4 Å². The van der Waals surface area contributed by atoms with Crippen LogP contribution in [-0.2, 0) is 6.42 Å². The number of benzene rings is 1. The van der Waals surface area contributed by atoms with Crippen LogP contribution in [0.25, 0.3) is 0 Å². The van der Waals surface area contributed by atoms with E-state index < -0.39 is 0 Å². The van der Waals surface area contributed by atoms with Crippen LogP contribution in [-0.4, -0.2) is 9.97 Å². The van der Waals surface area contributed by atoms with Gasteiger partial charge in [0.1, 0.15) is 0 Å². The standard InChI is InChI=1S/C13H15N3/c14-12(13-10-15-8-9-16-13)7-6-11-4-2-1-3-5-11/h1-5,8-10,12H,6-7,14H2/t12-/m0/s1. The van der Waals surface area contributed by atoms with Gasteiger partial charge in [-0.25, -0.2) is 0 Å². The maximum Gasteiger partial charge on any atom is 0.0753 e. The highest BCUT2D eigenvalue weighted by atomic mass is 14.8. The van der Waals surface area contributed by atoms with Gasteiger partial charge in [0.05, 0.1) is 5.69 Å². The molecule has 0 unspecified atom stereocenters. The van der Waals surface area contributed by atoms with Gasteiger partial charge in [-0.2, -0.15) is 0 Å².